The minimum atomic E-state index is -0.738. The number of halogens is 3. The van der Waals surface area contributed by atoms with Gasteiger partial charge in [0.1, 0.15) is 0 Å². The molecule has 8 heteroatoms. The minimum absolute atomic E-state index is 0.0124. The monoisotopic (exact) mass is 514 g/mol. The third kappa shape index (κ3) is 5.44. The van der Waals surface area contributed by atoms with Crippen LogP contribution in [0.2, 0.25) is 10.0 Å². The largest absolute Gasteiger partial charge is 0.333 e. The highest BCUT2D eigenvalue weighted by atomic mass is 35.5. The molecule has 2 aromatic rings. The van der Waals surface area contributed by atoms with Crippen LogP contribution in [0.25, 0.3) is 0 Å². The molecule has 0 N–H and O–H groups in total. The zero-order valence-corrected chi connectivity index (χ0v) is 21.9. The van der Waals surface area contributed by atoms with Crippen LogP contribution in [0, 0.1) is 11.3 Å². The van der Waals surface area contributed by atoms with Crippen molar-refractivity contribution in [3.05, 3.63) is 55.7 Å². The summed E-state index contributed by atoms with van der Waals surface area (Å²) in [6, 6.07) is 7.14. The van der Waals surface area contributed by atoms with E-state index in [1.807, 2.05) is 44.0 Å². The standard InChI is InChI=1S/C24H29Cl3N2O2S/c1-15(2)12-28(23(31)24(3,4)14-25)13-21(30)29-9-7-20-18(8-10-32-20)22(29)17-6-5-16(26)11-19(17)27/h5-6,8,10-11,15,22H,7,9,12-14H2,1-4H3. The second-order valence-electron chi connectivity index (χ2n) is 9.30. The van der Waals surface area contributed by atoms with Gasteiger partial charge < -0.3 is 9.80 Å². The van der Waals surface area contributed by atoms with Gasteiger partial charge in [0.05, 0.1) is 18.0 Å². The third-order valence-electron chi connectivity index (χ3n) is 5.66. The van der Waals surface area contributed by atoms with Crippen LogP contribution in [0.15, 0.2) is 29.6 Å². The van der Waals surface area contributed by atoms with E-state index in [1.165, 1.54) is 4.88 Å². The van der Waals surface area contributed by atoms with Gasteiger partial charge in [-0.15, -0.1) is 22.9 Å². The average molecular weight is 516 g/mol. The smallest absolute Gasteiger partial charge is 0.242 e. The molecule has 174 valence electrons. The minimum Gasteiger partial charge on any atom is -0.333 e. The first-order valence-corrected chi connectivity index (χ1v) is 12.9. The first kappa shape index (κ1) is 25.4. The molecule has 0 saturated carbocycles. The molecular weight excluding hydrogens is 487 g/mol. The van der Waals surface area contributed by atoms with Crippen molar-refractivity contribution in [3.8, 4) is 0 Å². The molecular formula is C24H29Cl3N2O2S. The molecule has 0 spiro atoms. The van der Waals surface area contributed by atoms with Gasteiger partial charge in [-0.1, -0.05) is 43.1 Å². The van der Waals surface area contributed by atoms with E-state index >= 15 is 0 Å². The van der Waals surface area contributed by atoms with E-state index in [2.05, 4.69) is 6.07 Å². The first-order chi connectivity index (χ1) is 15.0. The molecule has 4 nitrogen and oxygen atoms in total. The molecule has 0 aliphatic carbocycles. The Kier molecular flexibility index (Phi) is 8.19. The highest BCUT2D eigenvalue weighted by Gasteiger charge is 2.37. The molecule has 1 atom stereocenters. The van der Waals surface area contributed by atoms with E-state index in [-0.39, 0.29) is 36.2 Å². The normalized spacial score (nSPS) is 16.2. The summed E-state index contributed by atoms with van der Waals surface area (Å²) >= 11 is 20.5. The van der Waals surface area contributed by atoms with Gasteiger partial charge in [0.15, 0.2) is 0 Å². The Balaban J connectivity index is 1.94. The van der Waals surface area contributed by atoms with E-state index in [0.29, 0.717) is 23.1 Å². The van der Waals surface area contributed by atoms with Gasteiger partial charge in [-0.2, -0.15) is 0 Å². The maximum atomic E-state index is 13.6. The summed E-state index contributed by atoms with van der Waals surface area (Å²) in [5, 5.41) is 3.13. The van der Waals surface area contributed by atoms with Crippen LogP contribution in [-0.2, 0) is 16.0 Å². The molecule has 1 aromatic carbocycles. The van der Waals surface area contributed by atoms with Crippen LogP contribution in [0.4, 0.5) is 0 Å². The second-order valence-corrected chi connectivity index (χ2v) is 11.4. The van der Waals surface area contributed by atoms with E-state index in [1.54, 1.807) is 28.4 Å². The summed E-state index contributed by atoms with van der Waals surface area (Å²) in [5.74, 6) is 0.213. The lowest BCUT2D eigenvalue weighted by molar-refractivity contribution is -0.146. The Morgan fingerprint density at radius 1 is 1.22 bits per heavy atom. The van der Waals surface area contributed by atoms with Gasteiger partial charge in [-0.25, -0.2) is 0 Å². The molecule has 0 bridgehead atoms. The molecule has 0 saturated heterocycles. The fourth-order valence-corrected chi connectivity index (χ4v) is 5.57. The zero-order valence-electron chi connectivity index (χ0n) is 18.8. The van der Waals surface area contributed by atoms with Crippen LogP contribution in [0.3, 0.4) is 0 Å². The van der Waals surface area contributed by atoms with Crippen LogP contribution in [0.1, 0.15) is 49.7 Å². The van der Waals surface area contributed by atoms with Gasteiger partial charge in [0, 0.05) is 33.9 Å². The number of carbonyl (C=O) groups is 2. The number of nitrogens with zero attached hydrogens (tertiary/aromatic N) is 2. The Labute approximate surface area is 209 Å². The van der Waals surface area contributed by atoms with Gasteiger partial charge in [0.2, 0.25) is 11.8 Å². The summed E-state index contributed by atoms with van der Waals surface area (Å²) in [6.07, 6.45) is 0.783. The number of fused-ring (bicyclic) bond motifs is 1. The number of amides is 2. The van der Waals surface area contributed by atoms with Crippen molar-refractivity contribution in [1.29, 1.82) is 0 Å². The van der Waals surface area contributed by atoms with E-state index < -0.39 is 5.41 Å². The number of benzene rings is 1. The predicted octanol–water partition coefficient (Wildman–Crippen LogP) is 6.28. The molecule has 3 rings (SSSR count). The van der Waals surface area contributed by atoms with E-state index in [4.69, 9.17) is 34.8 Å². The predicted molar refractivity (Wildman–Crippen MR) is 134 cm³/mol. The number of carbonyl (C=O) groups excluding carboxylic acids is 2. The van der Waals surface area contributed by atoms with Crippen LogP contribution in [0.5, 0.6) is 0 Å². The van der Waals surface area contributed by atoms with Gasteiger partial charge in [0.25, 0.3) is 0 Å². The lowest BCUT2D eigenvalue weighted by Gasteiger charge is -2.39. The Morgan fingerprint density at radius 2 is 1.94 bits per heavy atom. The quantitative estimate of drug-likeness (QED) is 0.407. The molecule has 1 aliphatic rings. The van der Waals surface area contributed by atoms with Crippen LogP contribution >= 0.6 is 46.1 Å². The topological polar surface area (TPSA) is 40.6 Å². The summed E-state index contributed by atoms with van der Waals surface area (Å²) < 4.78 is 0. The molecule has 1 unspecified atom stereocenters. The molecule has 32 heavy (non-hydrogen) atoms. The highest BCUT2D eigenvalue weighted by Crippen LogP contribution is 2.41. The van der Waals surface area contributed by atoms with Crippen molar-refractivity contribution in [2.24, 2.45) is 11.3 Å². The van der Waals surface area contributed by atoms with Crippen molar-refractivity contribution < 1.29 is 9.59 Å². The zero-order chi connectivity index (χ0) is 23.6. The number of hydrogen-bond donors (Lipinski definition) is 0. The van der Waals surface area contributed by atoms with Gasteiger partial charge in [-0.3, -0.25) is 9.59 Å². The van der Waals surface area contributed by atoms with Crippen LogP contribution < -0.4 is 0 Å². The third-order valence-corrected chi connectivity index (χ3v) is 7.88. The lowest BCUT2D eigenvalue weighted by atomic mass is 9.92. The molecule has 1 aliphatic heterocycles. The Hall–Kier alpha value is -1.27. The molecule has 1 aromatic heterocycles. The molecule has 2 heterocycles. The van der Waals surface area contributed by atoms with Gasteiger partial charge >= 0.3 is 0 Å². The average Bonchev–Trinajstić information content (AvgIpc) is 3.21. The summed E-state index contributed by atoms with van der Waals surface area (Å²) in [4.78, 5) is 31.6. The first-order valence-electron chi connectivity index (χ1n) is 10.7. The van der Waals surface area contributed by atoms with Crippen LogP contribution in [-0.4, -0.2) is 47.1 Å². The van der Waals surface area contributed by atoms with Gasteiger partial charge in [-0.05, 0) is 60.9 Å². The second kappa shape index (κ2) is 10.3. The van der Waals surface area contributed by atoms with Crippen molar-refractivity contribution >= 4 is 58.0 Å². The number of thiophene rings is 1. The maximum absolute atomic E-state index is 13.6. The molecule has 0 fully saturated rings. The van der Waals surface area contributed by atoms with E-state index in [9.17, 15) is 9.59 Å². The SMILES string of the molecule is CC(C)CN(CC(=O)N1CCc2sccc2C1c1ccc(Cl)cc1Cl)C(=O)C(C)(C)CCl. The summed E-state index contributed by atoms with van der Waals surface area (Å²) in [5.41, 5.74) is 1.19. The fraction of sp³-hybridized carbons (Fsp3) is 0.500. The molecule has 0 radical (unpaired) electrons. The number of rotatable bonds is 7. The Morgan fingerprint density at radius 3 is 2.56 bits per heavy atom. The summed E-state index contributed by atoms with van der Waals surface area (Å²) in [7, 11) is 0. The van der Waals surface area contributed by atoms with Crippen molar-refractivity contribution in [1.82, 2.24) is 9.80 Å². The van der Waals surface area contributed by atoms with Crippen molar-refractivity contribution in [3.63, 3.8) is 0 Å². The highest BCUT2D eigenvalue weighted by molar-refractivity contribution is 7.10. The number of alkyl halides is 1. The Bertz CT molecular complexity index is 989. The molecule has 2 amide bonds. The maximum Gasteiger partial charge on any atom is 0.242 e. The lowest BCUT2D eigenvalue weighted by Crippen LogP contribution is -2.50. The van der Waals surface area contributed by atoms with Crippen molar-refractivity contribution in [2.45, 2.75) is 40.2 Å². The van der Waals surface area contributed by atoms with Crippen molar-refractivity contribution in [2.75, 3.05) is 25.5 Å². The fourth-order valence-electron chi connectivity index (χ4n) is 4.04. The van der Waals surface area contributed by atoms with E-state index in [0.717, 1.165) is 17.5 Å². The number of hydrogen-bond acceptors (Lipinski definition) is 3. The summed E-state index contributed by atoms with van der Waals surface area (Å²) in [6.45, 7) is 8.77.